The van der Waals surface area contributed by atoms with Crippen LogP contribution in [-0.4, -0.2) is 43.9 Å². The second-order valence-corrected chi connectivity index (χ2v) is 6.65. The molecule has 0 radical (unpaired) electrons. The summed E-state index contributed by atoms with van der Waals surface area (Å²) in [4.78, 5) is 36.6. The number of benzene rings is 2. The van der Waals surface area contributed by atoms with Gasteiger partial charge in [-0.25, -0.2) is 9.59 Å². The van der Waals surface area contributed by atoms with E-state index in [0.717, 1.165) is 0 Å². The highest BCUT2D eigenvalue weighted by Gasteiger charge is 2.21. The van der Waals surface area contributed by atoms with E-state index in [-0.39, 0.29) is 17.2 Å². The number of esters is 2. The molecule has 2 aromatic rings. The molecule has 2 rings (SSSR count). The number of carbonyl (C=O) groups is 3. The Bertz CT molecular complexity index is 854. The fraction of sp³-hybridized carbons (Fsp3) is 0.250. The molecule has 1 amide bonds. The summed E-state index contributed by atoms with van der Waals surface area (Å²) < 4.78 is 14.8. The van der Waals surface area contributed by atoms with Crippen LogP contribution in [0.2, 0.25) is 0 Å². The molecular formula is C20H21NO6S. The molecule has 0 fully saturated rings. The third-order valence-corrected chi connectivity index (χ3v) is 4.71. The summed E-state index contributed by atoms with van der Waals surface area (Å²) >= 11 is 1.19. The van der Waals surface area contributed by atoms with Crippen molar-refractivity contribution in [3.05, 3.63) is 54.1 Å². The number of anilines is 1. The van der Waals surface area contributed by atoms with Crippen LogP contribution < -0.4 is 10.1 Å². The Balaban J connectivity index is 1.99. The van der Waals surface area contributed by atoms with Crippen molar-refractivity contribution in [1.82, 2.24) is 0 Å². The van der Waals surface area contributed by atoms with E-state index >= 15 is 0 Å². The quantitative estimate of drug-likeness (QED) is 0.535. The highest BCUT2D eigenvalue weighted by molar-refractivity contribution is 8.00. The number of rotatable bonds is 8. The summed E-state index contributed by atoms with van der Waals surface area (Å²) in [5.41, 5.74) is 0.891. The lowest BCUT2D eigenvalue weighted by Gasteiger charge is -2.13. The Hall–Kier alpha value is -3.00. The monoisotopic (exact) mass is 403 g/mol. The second kappa shape index (κ2) is 10.4. The Morgan fingerprint density at radius 1 is 1.07 bits per heavy atom. The average Bonchev–Trinajstić information content (AvgIpc) is 2.71. The minimum absolute atomic E-state index is 0.0913. The first kappa shape index (κ1) is 21.3. The predicted octanol–water partition coefficient (Wildman–Crippen LogP) is 3.14. The molecule has 0 aromatic heterocycles. The molecular weight excluding hydrogens is 382 g/mol. The van der Waals surface area contributed by atoms with Crippen molar-refractivity contribution in [2.75, 3.05) is 25.3 Å². The first-order valence-electron chi connectivity index (χ1n) is 8.39. The summed E-state index contributed by atoms with van der Waals surface area (Å²) in [6.07, 6.45) is -1.02. The van der Waals surface area contributed by atoms with Gasteiger partial charge in [-0.2, -0.15) is 0 Å². The molecule has 8 heteroatoms. The molecule has 2 aromatic carbocycles. The van der Waals surface area contributed by atoms with Gasteiger partial charge in [0.25, 0.3) is 0 Å². The molecule has 0 aliphatic rings. The molecule has 1 atom stereocenters. The Kier molecular flexibility index (Phi) is 7.88. The molecule has 1 unspecified atom stereocenters. The predicted molar refractivity (Wildman–Crippen MR) is 106 cm³/mol. The maximum atomic E-state index is 12.3. The van der Waals surface area contributed by atoms with Gasteiger partial charge in [0.05, 0.1) is 25.5 Å². The van der Waals surface area contributed by atoms with Crippen molar-refractivity contribution in [2.45, 2.75) is 17.9 Å². The van der Waals surface area contributed by atoms with Crippen LogP contribution in [-0.2, 0) is 19.1 Å². The SMILES string of the molecule is COC(=O)C(C)OC(=O)c1ccccc1SCC(=O)Nc1cccc(OC)c1. The summed E-state index contributed by atoms with van der Waals surface area (Å²) in [7, 11) is 2.77. The van der Waals surface area contributed by atoms with E-state index in [9.17, 15) is 14.4 Å². The van der Waals surface area contributed by atoms with Crippen LogP contribution in [0.3, 0.4) is 0 Å². The van der Waals surface area contributed by atoms with Crippen molar-refractivity contribution in [3.63, 3.8) is 0 Å². The number of carbonyl (C=O) groups excluding carboxylic acids is 3. The maximum absolute atomic E-state index is 12.3. The van der Waals surface area contributed by atoms with Crippen molar-refractivity contribution in [2.24, 2.45) is 0 Å². The lowest BCUT2D eigenvalue weighted by Crippen LogP contribution is -2.25. The van der Waals surface area contributed by atoms with Gasteiger partial charge in [-0.3, -0.25) is 4.79 Å². The number of ether oxygens (including phenoxy) is 3. The molecule has 0 heterocycles. The third kappa shape index (κ3) is 6.02. The number of thioether (sulfide) groups is 1. The number of methoxy groups -OCH3 is 2. The van der Waals surface area contributed by atoms with Crippen LogP contribution in [0.5, 0.6) is 5.75 Å². The zero-order chi connectivity index (χ0) is 20.5. The summed E-state index contributed by atoms with van der Waals surface area (Å²) in [6.45, 7) is 1.43. The lowest BCUT2D eigenvalue weighted by molar-refractivity contribution is -0.149. The molecule has 28 heavy (non-hydrogen) atoms. The highest BCUT2D eigenvalue weighted by Crippen LogP contribution is 2.24. The van der Waals surface area contributed by atoms with Crippen LogP contribution in [0.4, 0.5) is 5.69 Å². The van der Waals surface area contributed by atoms with E-state index in [0.29, 0.717) is 16.3 Å². The summed E-state index contributed by atoms with van der Waals surface area (Å²) in [5.74, 6) is -0.804. The molecule has 7 nitrogen and oxygen atoms in total. The van der Waals surface area contributed by atoms with Crippen molar-refractivity contribution in [3.8, 4) is 5.75 Å². The number of hydrogen-bond donors (Lipinski definition) is 1. The molecule has 0 saturated carbocycles. The van der Waals surface area contributed by atoms with Gasteiger partial charge in [0.1, 0.15) is 5.75 Å². The maximum Gasteiger partial charge on any atom is 0.346 e. The number of amides is 1. The molecule has 148 valence electrons. The fourth-order valence-corrected chi connectivity index (χ4v) is 3.08. The van der Waals surface area contributed by atoms with E-state index in [2.05, 4.69) is 10.1 Å². The van der Waals surface area contributed by atoms with Crippen molar-refractivity contribution < 1.29 is 28.6 Å². The first-order valence-corrected chi connectivity index (χ1v) is 9.37. The van der Waals surface area contributed by atoms with Gasteiger partial charge in [-0.05, 0) is 31.2 Å². The molecule has 0 aliphatic heterocycles. The largest absolute Gasteiger partial charge is 0.497 e. The van der Waals surface area contributed by atoms with Gasteiger partial charge in [0.15, 0.2) is 6.10 Å². The van der Waals surface area contributed by atoms with E-state index in [1.165, 1.54) is 25.8 Å². The van der Waals surface area contributed by atoms with Gasteiger partial charge < -0.3 is 19.5 Å². The van der Waals surface area contributed by atoms with Crippen LogP contribution >= 0.6 is 11.8 Å². The molecule has 0 saturated heterocycles. The average molecular weight is 403 g/mol. The lowest BCUT2D eigenvalue weighted by atomic mass is 10.2. The van der Waals surface area contributed by atoms with Crippen LogP contribution in [0.25, 0.3) is 0 Å². The summed E-state index contributed by atoms with van der Waals surface area (Å²) in [5, 5.41) is 2.77. The Labute approximate surface area is 167 Å². The molecule has 0 bridgehead atoms. The molecule has 1 N–H and O–H groups in total. The fourth-order valence-electron chi connectivity index (χ4n) is 2.24. The van der Waals surface area contributed by atoms with Crippen molar-refractivity contribution in [1.29, 1.82) is 0 Å². The Morgan fingerprint density at radius 3 is 2.54 bits per heavy atom. The van der Waals surface area contributed by atoms with E-state index < -0.39 is 18.0 Å². The zero-order valence-corrected chi connectivity index (χ0v) is 16.6. The summed E-state index contributed by atoms with van der Waals surface area (Å²) in [6, 6.07) is 13.7. The minimum Gasteiger partial charge on any atom is -0.497 e. The molecule has 0 spiro atoms. The van der Waals surface area contributed by atoms with Gasteiger partial charge in [-0.15, -0.1) is 11.8 Å². The topological polar surface area (TPSA) is 90.9 Å². The standard InChI is InChI=1S/C20H21NO6S/c1-13(19(23)26-3)27-20(24)16-9-4-5-10-17(16)28-12-18(22)21-14-7-6-8-15(11-14)25-2/h4-11,13H,12H2,1-3H3,(H,21,22). The van der Waals surface area contributed by atoms with Gasteiger partial charge in [0, 0.05) is 16.6 Å². The van der Waals surface area contributed by atoms with Crippen molar-refractivity contribution >= 4 is 35.3 Å². The number of nitrogens with one attached hydrogen (secondary N) is 1. The van der Waals surface area contributed by atoms with Gasteiger partial charge >= 0.3 is 11.9 Å². The van der Waals surface area contributed by atoms with E-state index in [1.54, 1.807) is 55.6 Å². The van der Waals surface area contributed by atoms with E-state index in [1.807, 2.05) is 0 Å². The molecule has 0 aliphatic carbocycles. The Morgan fingerprint density at radius 2 is 1.82 bits per heavy atom. The third-order valence-electron chi connectivity index (χ3n) is 3.64. The minimum atomic E-state index is -1.02. The normalized spacial score (nSPS) is 11.2. The smallest absolute Gasteiger partial charge is 0.346 e. The second-order valence-electron chi connectivity index (χ2n) is 5.64. The van der Waals surface area contributed by atoms with Gasteiger partial charge in [-0.1, -0.05) is 18.2 Å². The van der Waals surface area contributed by atoms with E-state index in [4.69, 9.17) is 9.47 Å². The van der Waals surface area contributed by atoms with Crippen LogP contribution in [0.1, 0.15) is 17.3 Å². The first-order chi connectivity index (χ1) is 13.4. The van der Waals surface area contributed by atoms with Gasteiger partial charge in [0.2, 0.25) is 5.91 Å². The van der Waals surface area contributed by atoms with Crippen LogP contribution in [0, 0.1) is 0 Å². The highest BCUT2D eigenvalue weighted by atomic mass is 32.2. The number of hydrogen-bond acceptors (Lipinski definition) is 7. The zero-order valence-electron chi connectivity index (χ0n) is 15.8. The van der Waals surface area contributed by atoms with Crippen LogP contribution in [0.15, 0.2) is 53.4 Å².